The van der Waals surface area contributed by atoms with E-state index in [9.17, 15) is 4.79 Å². The largest absolute Gasteiger partial charge is 0.493 e. The monoisotopic (exact) mass is 388 g/mol. The maximum Gasteiger partial charge on any atom is 0.259 e. The maximum atomic E-state index is 12.5. The predicted octanol–water partition coefficient (Wildman–Crippen LogP) is 2.20. The number of ether oxygens (including phenoxy) is 2. The molecule has 0 aliphatic heterocycles. The molecule has 27 heavy (non-hydrogen) atoms. The highest BCUT2D eigenvalue weighted by atomic mass is 35.5. The van der Waals surface area contributed by atoms with Gasteiger partial charge in [-0.15, -0.1) is 0 Å². The van der Waals surface area contributed by atoms with Gasteiger partial charge in [0.1, 0.15) is 13.1 Å². The lowest BCUT2D eigenvalue weighted by Crippen LogP contribution is -3.09. The van der Waals surface area contributed by atoms with Crippen LogP contribution in [0.1, 0.15) is 18.3 Å². The van der Waals surface area contributed by atoms with Gasteiger partial charge in [0.15, 0.2) is 17.3 Å². The van der Waals surface area contributed by atoms with E-state index in [1.54, 1.807) is 19.2 Å². The van der Waals surface area contributed by atoms with Crippen molar-refractivity contribution in [3.8, 4) is 11.5 Å². The van der Waals surface area contributed by atoms with Gasteiger partial charge in [0, 0.05) is 16.7 Å². The van der Waals surface area contributed by atoms with Gasteiger partial charge in [-0.05, 0) is 19.1 Å². The first-order chi connectivity index (χ1) is 13.0. The number of halogens is 1. The van der Waals surface area contributed by atoms with Crippen LogP contribution in [0.25, 0.3) is 10.9 Å². The summed E-state index contributed by atoms with van der Waals surface area (Å²) in [6.07, 6.45) is 0. The molecule has 7 heteroatoms. The van der Waals surface area contributed by atoms with Crippen LogP contribution in [0.3, 0.4) is 0 Å². The number of H-pyrrole nitrogens is 1. The topological polar surface area (TPSA) is 68.7 Å². The summed E-state index contributed by atoms with van der Waals surface area (Å²) < 4.78 is 10.6. The number of methoxy groups -OCH3 is 2. The Hall–Kier alpha value is -2.57. The van der Waals surface area contributed by atoms with Crippen molar-refractivity contribution in [2.24, 2.45) is 0 Å². The molecule has 0 fully saturated rings. The van der Waals surface area contributed by atoms with Gasteiger partial charge >= 0.3 is 0 Å². The number of quaternary nitrogens is 1. The fourth-order valence-electron chi connectivity index (χ4n) is 3.06. The summed E-state index contributed by atoms with van der Waals surface area (Å²) in [5.74, 6) is 1.68. The van der Waals surface area contributed by atoms with E-state index in [4.69, 9.17) is 21.1 Å². The van der Waals surface area contributed by atoms with E-state index < -0.39 is 0 Å². The van der Waals surface area contributed by atoms with E-state index in [-0.39, 0.29) is 5.56 Å². The second-order valence-electron chi connectivity index (χ2n) is 6.29. The molecular weight excluding hydrogens is 366 g/mol. The fourth-order valence-corrected chi connectivity index (χ4v) is 3.26. The van der Waals surface area contributed by atoms with Crippen molar-refractivity contribution >= 4 is 22.5 Å². The number of rotatable bonds is 7. The molecule has 1 unspecified atom stereocenters. The smallest absolute Gasteiger partial charge is 0.259 e. The van der Waals surface area contributed by atoms with Gasteiger partial charge in [-0.3, -0.25) is 4.79 Å². The minimum atomic E-state index is -0.191. The third-order valence-corrected chi connectivity index (χ3v) is 4.94. The van der Waals surface area contributed by atoms with Gasteiger partial charge in [0.2, 0.25) is 0 Å². The molecule has 0 spiro atoms. The van der Waals surface area contributed by atoms with Crippen LogP contribution in [0.2, 0.25) is 5.02 Å². The standard InChI is InChI=1S/C20H22ClN3O3/c1-4-24(11-13-7-5-6-8-15(13)21)12-19-22-16-10-18(27-3)17(26-2)9-14(16)20(25)23-19/h5-10H,4,11-12H2,1-3H3,(H,22,23,25)/p+1. The number of fused-ring (bicyclic) bond motifs is 1. The van der Waals surface area contributed by atoms with Crippen molar-refractivity contribution < 1.29 is 14.4 Å². The van der Waals surface area contributed by atoms with Crippen LogP contribution in [-0.4, -0.2) is 30.7 Å². The molecule has 2 aromatic carbocycles. The summed E-state index contributed by atoms with van der Waals surface area (Å²) in [6, 6.07) is 11.2. The molecule has 1 atom stereocenters. The van der Waals surface area contributed by atoms with Crippen molar-refractivity contribution in [1.82, 2.24) is 9.97 Å². The Morgan fingerprint density at radius 3 is 2.48 bits per heavy atom. The zero-order chi connectivity index (χ0) is 19.4. The first kappa shape index (κ1) is 19.2. The Bertz CT molecular complexity index is 1000. The lowest BCUT2D eigenvalue weighted by Gasteiger charge is -2.18. The summed E-state index contributed by atoms with van der Waals surface area (Å²) in [7, 11) is 3.10. The molecule has 3 aromatic rings. The molecule has 0 bridgehead atoms. The van der Waals surface area contributed by atoms with E-state index in [0.717, 1.165) is 23.7 Å². The lowest BCUT2D eigenvalue weighted by atomic mass is 10.2. The Balaban J connectivity index is 1.91. The van der Waals surface area contributed by atoms with E-state index in [1.807, 2.05) is 24.3 Å². The first-order valence-electron chi connectivity index (χ1n) is 8.77. The average Bonchev–Trinajstić information content (AvgIpc) is 2.68. The van der Waals surface area contributed by atoms with Gasteiger partial charge in [-0.25, -0.2) is 4.98 Å². The Labute approximate surface area is 162 Å². The minimum Gasteiger partial charge on any atom is -0.493 e. The number of nitrogens with one attached hydrogen (secondary N) is 2. The molecular formula is C20H23ClN3O3+. The Morgan fingerprint density at radius 1 is 1.11 bits per heavy atom. The molecule has 0 saturated heterocycles. The molecule has 0 saturated carbocycles. The van der Waals surface area contributed by atoms with E-state index in [2.05, 4.69) is 16.9 Å². The number of hydrogen-bond donors (Lipinski definition) is 2. The molecule has 0 amide bonds. The lowest BCUT2D eigenvalue weighted by molar-refractivity contribution is -0.926. The van der Waals surface area contributed by atoms with Gasteiger partial charge < -0.3 is 19.4 Å². The van der Waals surface area contributed by atoms with Crippen LogP contribution >= 0.6 is 11.6 Å². The molecule has 142 valence electrons. The highest BCUT2D eigenvalue weighted by Gasteiger charge is 2.15. The van der Waals surface area contributed by atoms with Crippen LogP contribution in [0.15, 0.2) is 41.2 Å². The van der Waals surface area contributed by atoms with Crippen LogP contribution in [0.4, 0.5) is 0 Å². The number of aromatic nitrogens is 2. The third-order valence-electron chi connectivity index (χ3n) is 4.58. The average molecular weight is 389 g/mol. The summed E-state index contributed by atoms with van der Waals surface area (Å²) in [5, 5.41) is 1.22. The van der Waals surface area contributed by atoms with Gasteiger partial charge in [-0.2, -0.15) is 0 Å². The summed E-state index contributed by atoms with van der Waals surface area (Å²) in [4.78, 5) is 21.3. The number of nitrogens with zero attached hydrogens (tertiary/aromatic N) is 1. The van der Waals surface area contributed by atoms with Gasteiger partial charge in [0.25, 0.3) is 5.56 Å². The fraction of sp³-hybridized carbons (Fsp3) is 0.300. The second kappa shape index (κ2) is 8.41. The minimum absolute atomic E-state index is 0.191. The van der Waals surface area contributed by atoms with Crippen molar-refractivity contribution in [2.45, 2.75) is 20.0 Å². The van der Waals surface area contributed by atoms with Crippen molar-refractivity contribution in [1.29, 1.82) is 0 Å². The Kier molecular flexibility index (Phi) is 5.98. The van der Waals surface area contributed by atoms with Crippen molar-refractivity contribution in [3.63, 3.8) is 0 Å². The van der Waals surface area contributed by atoms with Gasteiger partial charge in [0.05, 0.1) is 31.7 Å². The Morgan fingerprint density at radius 2 is 1.81 bits per heavy atom. The molecule has 2 N–H and O–H groups in total. The highest BCUT2D eigenvalue weighted by Crippen LogP contribution is 2.29. The van der Waals surface area contributed by atoms with Crippen molar-refractivity contribution in [3.05, 3.63) is 63.2 Å². The van der Waals surface area contributed by atoms with Gasteiger partial charge in [-0.1, -0.05) is 29.8 Å². The van der Waals surface area contributed by atoms with E-state index >= 15 is 0 Å². The summed E-state index contributed by atoms with van der Waals surface area (Å²) in [5.41, 5.74) is 1.47. The molecule has 1 heterocycles. The van der Waals surface area contributed by atoms with Crippen LogP contribution < -0.4 is 19.9 Å². The van der Waals surface area contributed by atoms with E-state index in [1.165, 1.54) is 12.0 Å². The molecule has 6 nitrogen and oxygen atoms in total. The quantitative estimate of drug-likeness (QED) is 0.651. The number of benzene rings is 2. The number of hydrogen-bond acceptors (Lipinski definition) is 4. The third kappa shape index (κ3) is 4.23. The van der Waals surface area contributed by atoms with Crippen LogP contribution in [0.5, 0.6) is 11.5 Å². The second-order valence-corrected chi connectivity index (χ2v) is 6.69. The summed E-state index contributed by atoms with van der Waals surface area (Å²) in [6.45, 7) is 4.31. The highest BCUT2D eigenvalue weighted by molar-refractivity contribution is 6.31. The molecule has 1 aromatic heterocycles. The molecule has 0 radical (unpaired) electrons. The summed E-state index contributed by atoms with van der Waals surface area (Å²) >= 11 is 6.28. The number of aromatic amines is 1. The van der Waals surface area contributed by atoms with E-state index in [0.29, 0.717) is 34.8 Å². The molecule has 3 rings (SSSR count). The zero-order valence-corrected chi connectivity index (χ0v) is 16.4. The predicted molar refractivity (Wildman–Crippen MR) is 106 cm³/mol. The SMILES string of the molecule is CC[NH+](Cc1nc2cc(OC)c(OC)cc2c(=O)[nH]1)Cc1ccccc1Cl. The maximum absolute atomic E-state index is 12.5. The zero-order valence-electron chi connectivity index (χ0n) is 15.6. The molecule has 0 aliphatic rings. The van der Waals surface area contributed by atoms with Crippen LogP contribution in [0, 0.1) is 0 Å². The first-order valence-corrected chi connectivity index (χ1v) is 9.15. The van der Waals surface area contributed by atoms with Crippen molar-refractivity contribution in [2.75, 3.05) is 20.8 Å². The van der Waals surface area contributed by atoms with Crippen LogP contribution in [-0.2, 0) is 13.1 Å². The normalized spacial score (nSPS) is 12.1. The molecule has 0 aliphatic carbocycles.